The predicted molar refractivity (Wildman–Crippen MR) is 112 cm³/mol. The van der Waals surface area contributed by atoms with E-state index in [4.69, 9.17) is 9.47 Å². The van der Waals surface area contributed by atoms with Crippen LogP contribution in [0.25, 0.3) is 0 Å². The Bertz CT molecular complexity index is 772. The number of methoxy groups -OCH3 is 1. The van der Waals surface area contributed by atoms with E-state index in [1.54, 1.807) is 7.11 Å². The first kappa shape index (κ1) is 20.1. The highest BCUT2D eigenvalue weighted by atomic mass is 16.5. The molecule has 0 radical (unpaired) electrons. The Balaban J connectivity index is 1.72. The van der Waals surface area contributed by atoms with Crippen molar-refractivity contribution in [3.05, 3.63) is 102 Å². The first-order valence-electron chi connectivity index (χ1n) is 9.62. The van der Waals surface area contributed by atoms with Crippen LogP contribution in [0.5, 0.6) is 5.75 Å². The standard InChI is InChI=1S/C25H28O3/c1-27-24-14-12-23(13-15-24)18-28-20-25(19-26,16-21-8-4-2-5-9-21)17-22-10-6-3-7-11-22/h2-15,26H,16-20H2,1H3. The first-order valence-corrected chi connectivity index (χ1v) is 9.62. The van der Waals surface area contributed by atoms with E-state index in [1.807, 2.05) is 60.7 Å². The number of benzene rings is 3. The molecule has 0 saturated heterocycles. The number of rotatable bonds is 10. The smallest absolute Gasteiger partial charge is 0.118 e. The average Bonchev–Trinajstić information content (AvgIpc) is 2.75. The fourth-order valence-electron chi connectivity index (χ4n) is 3.49. The molecule has 0 saturated carbocycles. The van der Waals surface area contributed by atoms with Crippen LogP contribution in [0.1, 0.15) is 16.7 Å². The van der Waals surface area contributed by atoms with Gasteiger partial charge in [-0.05, 0) is 41.7 Å². The second-order valence-corrected chi connectivity index (χ2v) is 7.32. The van der Waals surface area contributed by atoms with Gasteiger partial charge in [-0.2, -0.15) is 0 Å². The molecule has 0 aliphatic carbocycles. The molecule has 0 amide bonds. The minimum absolute atomic E-state index is 0.0689. The van der Waals surface area contributed by atoms with Crippen molar-refractivity contribution in [2.75, 3.05) is 20.3 Å². The van der Waals surface area contributed by atoms with Gasteiger partial charge in [0.25, 0.3) is 0 Å². The van der Waals surface area contributed by atoms with Gasteiger partial charge in [-0.3, -0.25) is 0 Å². The second-order valence-electron chi connectivity index (χ2n) is 7.32. The summed E-state index contributed by atoms with van der Waals surface area (Å²) >= 11 is 0. The Labute approximate surface area is 167 Å². The molecule has 0 heterocycles. The lowest BCUT2D eigenvalue weighted by atomic mass is 9.78. The van der Waals surface area contributed by atoms with E-state index in [0.717, 1.165) is 24.2 Å². The zero-order valence-electron chi connectivity index (χ0n) is 16.4. The van der Waals surface area contributed by atoms with Crippen molar-refractivity contribution >= 4 is 0 Å². The number of ether oxygens (including phenoxy) is 2. The van der Waals surface area contributed by atoms with E-state index in [1.165, 1.54) is 11.1 Å². The van der Waals surface area contributed by atoms with Crippen LogP contribution in [-0.4, -0.2) is 25.4 Å². The molecular weight excluding hydrogens is 348 g/mol. The van der Waals surface area contributed by atoms with Gasteiger partial charge in [0.15, 0.2) is 0 Å². The van der Waals surface area contributed by atoms with Gasteiger partial charge in [-0.1, -0.05) is 72.8 Å². The summed E-state index contributed by atoms with van der Waals surface area (Å²) in [7, 11) is 1.66. The van der Waals surface area contributed by atoms with Crippen molar-refractivity contribution in [2.45, 2.75) is 19.4 Å². The lowest BCUT2D eigenvalue weighted by Crippen LogP contribution is -2.36. The molecule has 0 bridgehead atoms. The van der Waals surface area contributed by atoms with Crippen LogP contribution in [0.3, 0.4) is 0 Å². The minimum Gasteiger partial charge on any atom is -0.497 e. The predicted octanol–water partition coefficient (Wildman–Crippen LogP) is 4.68. The van der Waals surface area contributed by atoms with Crippen LogP contribution in [0.2, 0.25) is 0 Å². The van der Waals surface area contributed by atoms with Gasteiger partial charge < -0.3 is 14.6 Å². The Morgan fingerprint density at radius 2 is 1.25 bits per heavy atom. The summed E-state index contributed by atoms with van der Waals surface area (Å²) in [6.45, 7) is 1.06. The number of aliphatic hydroxyl groups is 1. The summed E-state index contributed by atoms with van der Waals surface area (Å²) in [5, 5.41) is 10.4. The second kappa shape index (κ2) is 10.1. The van der Waals surface area contributed by atoms with Crippen LogP contribution >= 0.6 is 0 Å². The molecule has 1 N–H and O–H groups in total. The minimum atomic E-state index is -0.366. The first-order chi connectivity index (χ1) is 13.7. The van der Waals surface area contributed by atoms with Crippen molar-refractivity contribution in [2.24, 2.45) is 5.41 Å². The molecule has 0 aliphatic rings. The van der Waals surface area contributed by atoms with Gasteiger partial charge in [0.05, 0.1) is 26.9 Å². The summed E-state index contributed by atoms with van der Waals surface area (Å²) in [4.78, 5) is 0. The Morgan fingerprint density at radius 1 is 0.714 bits per heavy atom. The third kappa shape index (κ3) is 5.69. The number of aliphatic hydroxyl groups excluding tert-OH is 1. The van der Waals surface area contributed by atoms with E-state index >= 15 is 0 Å². The highest BCUT2D eigenvalue weighted by Gasteiger charge is 2.30. The quantitative estimate of drug-likeness (QED) is 0.559. The molecule has 28 heavy (non-hydrogen) atoms. The van der Waals surface area contributed by atoms with Gasteiger partial charge in [-0.15, -0.1) is 0 Å². The Hall–Kier alpha value is -2.62. The monoisotopic (exact) mass is 376 g/mol. The van der Waals surface area contributed by atoms with Crippen LogP contribution in [-0.2, 0) is 24.2 Å². The molecule has 146 valence electrons. The maximum absolute atomic E-state index is 10.4. The van der Waals surface area contributed by atoms with E-state index in [2.05, 4.69) is 24.3 Å². The van der Waals surface area contributed by atoms with Crippen molar-refractivity contribution < 1.29 is 14.6 Å². The van der Waals surface area contributed by atoms with Crippen LogP contribution in [0.15, 0.2) is 84.9 Å². The molecule has 3 rings (SSSR count). The maximum atomic E-state index is 10.4. The van der Waals surface area contributed by atoms with E-state index in [9.17, 15) is 5.11 Å². The molecule has 0 fully saturated rings. The summed E-state index contributed by atoms with van der Waals surface area (Å²) in [6, 6.07) is 28.5. The molecule has 0 spiro atoms. The van der Waals surface area contributed by atoms with Gasteiger partial charge in [-0.25, -0.2) is 0 Å². The molecule has 0 aliphatic heterocycles. The third-order valence-electron chi connectivity index (χ3n) is 5.02. The van der Waals surface area contributed by atoms with E-state index in [0.29, 0.717) is 13.2 Å². The van der Waals surface area contributed by atoms with Gasteiger partial charge in [0.2, 0.25) is 0 Å². The lowest BCUT2D eigenvalue weighted by Gasteiger charge is -2.32. The van der Waals surface area contributed by atoms with Gasteiger partial charge in [0, 0.05) is 5.41 Å². The zero-order chi connectivity index (χ0) is 19.7. The van der Waals surface area contributed by atoms with Crippen LogP contribution in [0, 0.1) is 5.41 Å². The zero-order valence-corrected chi connectivity index (χ0v) is 16.4. The van der Waals surface area contributed by atoms with E-state index < -0.39 is 0 Å². The molecule has 3 nitrogen and oxygen atoms in total. The fraction of sp³-hybridized carbons (Fsp3) is 0.280. The fourth-order valence-corrected chi connectivity index (χ4v) is 3.49. The van der Waals surface area contributed by atoms with Crippen molar-refractivity contribution in [3.63, 3.8) is 0 Å². The van der Waals surface area contributed by atoms with Gasteiger partial charge in [0.1, 0.15) is 5.75 Å². The Kier molecular flexibility index (Phi) is 7.24. The molecule has 3 aromatic rings. The summed E-state index contributed by atoms with van der Waals surface area (Å²) in [5.41, 5.74) is 3.14. The normalized spacial score (nSPS) is 11.4. The Morgan fingerprint density at radius 3 is 1.71 bits per heavy atom. The summed E-state index contributed by atoms with van der Waals surface area (Å²) in [5.74, 6) is 0.835. The van der Waals surface area contributed by atoms with Crippen molar-refractivity contribution in [1.82, 2.24) is 0 Å². The van der Waals surface area contributed by atoms with Crippen LogP contribution in [0.4, 0.5) is 0 Å². The molecule has 0 unspecified atom stereocenters. The lowest BCUT2D eigenvalue weighted by molar-refractivity contribution is -0.00133. The summed E-state index contributed by atoms with van der Waals surface area (Å²) in [6.07, 6.45) is 1.53. The molecule has 3 heteroatoms. The number of hydrogen-bond acceptors (Lipinski definition) is 3. The van der Waals surface area contributed by atoms with Crippen molar-refractivity contribution in [1.29, 1.82) is 0 Å². The molecular formula is C25H28O3. The van der Waals surface area contributed by atoms with Crippen LogP contribution < -0.4 is 4.74 Å². The molecule has 0 atom stereocenters. The highest BCUT2D eigenvalue weighted by molar-refractivity contribution is 5.26. The summed E-state index contributed by atoms with van der Waals surface area (Å²) < 4.78 is 11.3. The molecule has 0 aromatic heterocycles. The molecule has 3 aromatic carbocycles. The number of hydrogen-bond donors (Lipinski definition) is 1. The third-order valence-corrected chi connectivity index (χ3v) is 5.02. The topological polar surface area (TPSA) is 38.7 Å². The largest absolute Gasteiger partial charge is 0.497 e. The van der Waals surface area contributed by atoms with Crippen molar-refractivity contribution in [3.8, 4) is 5.75 Å². The van der Waals surface area contributed by atoms with E-state index in [-0.39, 0.29) is 12.0 Å². The SMILES string of the molecule is COc1ccc(COCC(CO)(Cc2ccccc2)Cc2ccccc2)cc1. The maximum Gasteiger partial charge on any atom is 0.118 e. The van der Waals surface area contributed by atoms with Gasteiger partial charge >= 0.3 is 0 Å². The average molecular weight is 376 g/mol. The highest BCUT2D eigenvalue weighted by Crippen LogP contribution is 2.29.